The SMILES string of the molecule is Cc1cc(/C(O)=C2\C(=O)C(=O)N(CCCN(C)C)[C@H]2c2cccc([N+](=O)[O-])c2)ccc1OC(C)C. The van der Waals surface area contributed by atoms with Crippen molar-refractivity contribution in [1.82, 2.24) is 9.80 Å². The Morgan fingerprint density at radius 1 is 1.20 bits per heavy atom. The van der Waals surface area contributed by atoms with Crippen LogP contribution in [0.25, 0.3) is 5.76 Å². The molecule has 3 rings (SSSR count). The summed E-state index contributed by atoms with van der Waals surface area (Å²) < 4.78 is 5.76. The number of nitro benzene ring substituents is 1. The molecule has 186 valence electrons. The van der Waals surface area contributed by atoms with Crippen LogP contribution in [0.4, 0.5) is 5.69 Å². The first kappa shape index (κ1) is 25.9. The van der Waals surface area contributed by atoms with Crippen molar-refractivity contribution in [1.29, 1.82) is 0 Å². The average molecular weight is 482 g/mol. The zero-order valence-electron chi connectivity index (χ0n) is 20.6. The number of amides is 1. The van der Waals surface area contributed by atoms with Crippen LogP contribution in [0, 0.1) is 17.0 Å². The van der Waals surface area contributed by atoms with Crippen LogP contribution in [0.2, 0.25) is 0 Å². The van der Waals surface area contributed by atoms with E-state index in [1.807, 2.05) is 39.8 Å². The summed E-state index contributed by atoms with van der Waals surface area (Å²) in [7, 11) is 3.81. The van der Waals surface area contributed by atoms with Gasteiger partial charge in [-0.1, -0.05) is 12.1 Å². The van der Waals surface area contributed by atoms with E-state index in [2.05, 4.69) is 0 Å². The number of hydrogen-bond acceptors (Lipinski definition) is 7. The number of Topliss-reactive ketones (excluding diaryl/α,β-unsaturated/α-hetero) is 1. The molecule has 35 heavy (non-hydrogen) atoms. The molecule has 2 aromatic rings. The number of nitrogens with zero attached hydrogens (tertiary/aromatic N) is 3. The normalized spacial score (nSPS) is 17.5. The Labute approximate surface area is 204 Å². The lowest BCUT2D eigenvalue weighted by atomic mass is 9.94. The highest BCUT2D eigenvalue weighted by Gasteiger charge is 2.46. The third-order valence-electron chi connectivity index (χ3n) is 5.75. The fraction of sp³-hybridized carbons (Fsp3) is 0.385. The zero-order chi connectivity index (χ0) is 25.9. The van der Waals surface area contributed by atoms with Crippen molar-refractivity contribution >= 4 is 23.1 Å². The first-order valence-corrected chi connectivity index (χ1v) is 11.5. The fourth-order valence-corrected chi connectivity index (χ4v) is 4.16. The summed E-state index contributed by atoms with van der Waals surface area (Å²) in [5.74, 6) is -1.23. The van der Waals surface area contributed by atoms with Crippen LogP contribution in [0.5, 0.6) is 5.75 Å². The van der Waals surface area contributed by atoms with Gasteiger partial charge < -0.3 is 19.6 Å². The van der Waals surface area contributed by atoms with Gasteiger partial charge in [0.05, 0.1) is 22.6 Å². The molecule has 1 aliphatic rings. The number of aliphatic hydroxyl groups excluding tert-OH is 1. The maximum atomic E-state index is 13.1. The lowest BCUT2D eigenvalue weighted by molar-refractivity contribution is -0.384. The van der Waals surface area contributed by atoms with Gasteiger partial charge in [0.1, 0.15) is 11.5 Å². The molecular weight excluding hydrogens is 450 g/mol. The molecule has 1 heterocycles. The lowest BCUT2D eigenvalue weighted by Crippen LogP contribution is -2.32. The second-order valence-corrected chi connectivity index (χ2v) is 9.15. The molecule has 1 aliphatic heterocycles. The van der Waals surface area contributed by atoms with Crippen LogP contribution in [-0.2, 0) is 9.59 Å². The topological polar surface area (TPSA) is 113 Å². The molecule has 0 radical (unpaired) electrons. The van der Waals surface area contributed by atoms with Gasteiger partial charge in [0.2, 0.25) is 0 Å². The number of aliphatic hydroxyl groups is 1. The number of carbonyl (C=O) groups excluding carboxylic acids is 2. The van der Waals surface area contributed by atoms with Crippen molar-refractivity contribution in [3.05, 3.63) is 74.8 Å². The quantitative estimate of drug-likeness (QED) is 0.189. The van der Waals surface area contributed by atoms with Gasteiger partial charge in [-0.15, -0.1) is 0 Å². The molecule has 0 saturated carbocycles. The Hall–Kier alpha value is -3.72. The molecular formula is C26H31N3O6. The van der Waals surface area contributed by atoms with E-state index in [4.69, 9.17) is 4.74 Å². The average Bonchev–Trinajstić information content (AvgIpc) is 3.04. The highest BCUT2D eigenvalue weighted by Crippen LogP contribution is 2.40. The van der Waals surface area contributed by atoms with Crippen molar-refractivity contribution in [2.75, 3.05) is 27.2 Å². The lowest BCUT2D eigenvalue weighted by Gasteiger charge is -2.26. The summed E-state index contributed by atoms with van der Waals surface area (Å²) in [4.78, 5) is 40.4. The Morgan fingerprint density at radius 2 is 1.91 bits per heavy atom. The molecule has 0 unspecified atom stereocenters. The van der Waals surface area contributed by atoms with Crippen molar-refractivity contribution in [2.24, 2.45) is 0 Å². The van der Waals surface area contributed by atoms with Crippen LogP contribution in [-0.4, -0.2) is 64.8 Å². The van der Waals surface area contributed by atoms with E-state index in [9.17, 15) is 24.8 Å². The summed E-state index contributed by atoms with van der Waals surface area (Å²) in [6.45, 7) is 6.58. The number of likely N-dealkylation sites (tertiary alicyclic amines) is 1. The molecule has 1 saturated heterocycles. The van der Waals surface area contributed by atoms with Gasteiger partial charge >= 0.3 is 0 Å². The maximum absolute atomic E-state index is 13.1. The van der Waals surface area contributed by atoms with E-state index in [-0.39, 0.29) is 29.7 Å². The molecule has 2 aromatic carbocycles. The molecule has 0 aliphatic carbocycles. The number of rotatable bonds is 9. The molecule has 1 N–H and O–H groups in total. The summed E-state index contributed by atoms with van der Waals surface area (Å²) >= 11 is 0. The van der Waals surface area contributed by atoms with Crippen molar-refractivity contribution in [3.8, 4) is 5.75 Å². The molecule has 1 amide bonds. The molecule has 9 nitrogen and oxygen atoms in total. The molecule has 0 aromatic heterocycles. The Balaban J connectivity index is 2.12. The molecule has 0 bridgehead atoms. The second-order valence-electron chi connectivity index (χ2n) is 9.15. The number of ether oxygens (including phenoxy) is 1. The van der Waals surface area contributed by atoms with Gasteiger partial charge in [-0.3, -0.25) is 19.7 Å². The van der Waals surface area contributed by atoms with Gasteiger partial charge in [0, 0.05) is 24.2 Å². The van der Waals surface area contributed by atoms with Crippen LogP contribution < -0.4 is 4.74 Å². The predicted octanol–water partition coefficient (Wildman–Crippen LogP) is 4.06. The van der Waals surface area contributed by atoms with E-state index in [1.165, 1.54) is 23.1 Å². The zero-order valence-corrected chi connectivity index (χ0v) is 20.6. The number of carbonyl (C=O) groups is 2. The van der Waals surface area contributed by atoms with Gasteiger partial charge in [-0.25, -0.2) is 0 Å². The Bertz CT molecular complexity index is 1170. The number of non-ortho nitro benzene ring substituents is 1. The molecule has 1 atom stereocenters. The summed E-state index contributed by atoms with van der Waals surface area (Å²) in [6.07, 6.45) is 0.556. The van der Waals surface area contributed by atoms with E-state index in [0.717, 1.165) is 5.56 Å². The van der Waals surface area contributed by atoms with E-state index < -0.39 is 22.7 Å². The minimum atomic E-state index is -0.941. The molecule has 1 fully saturated rings. The van der Waals surface area contributed by atoms with Crippen LogP contribution >= 0.6 is 0 Å². The number of nitro groups is 1. The summed E-state index contributed by atoms with van der Waals surface area (Å²) in [5.41, 5.74) is 1.26. The maximum Gasteiger partial charge on any atom is 0.295 e. The van der Waals surface area contributed by atoms with E-state index >= 15 is 0 Å². The Kier molecular flexibility index (Phi) is 7.91. The smallest absolute Gasteiger partial charge is 0.295 e. The fourth-order valence-electron chi connectivity index (χ4n) is 4.16. The van der Waals surface area contributed by atoms with Crippen molar-refractivity contribution in [2.45, 2.75) is 39.3 Å². The summed E-state index contributed by atoms with van der Waals surface area (Å²) in [6, 6.07) is 9.91. The van der Waals surface area contributed by atoms with Gasteiger partial charge in [0.15, 0.2) is 0 Å². The largest absolute Gasteiger partial charge is 0.507 e. The van der Waals surface area contributed by atoms with E-state index in [1.54, 1.807) is 24.3 Å². The van der Waals surface area contributed by atoms with Crippen LogP contribution in [0.1, 0.15) is 43.0 Å². The third kappa shape index (κ3) is 5.68. The Morgan fingerprint density at radius 3 is 2.51 bits per heavy atom. The first-order chi connectivity index (χ1) is 16.5. The van der Waals surface area contributed by atoms with Crippen molar-refractivity contribution in [3.63, 3.8) is 0 Å². The minimum Gasteiger partial charge on any atom is -0.507 e. The second kappa shape index (κ2) is 10.7. The molecule has 0 spiro atoms. The third-order valence-corrected chi connectivity index (χ3v) is 5.75. The highest BCUT2D eigenvalue weighted by atomic mass is 16.6. The number of ketones is 1. The van der Waals surface area contributed by atoms with Gasteiger partial charge in [-0.2, -0.15) is 0 Å². The van der Waals surface area contributed by atoms with Gasteiger partial charge in [0.25, 0.3) is 17.4 Å². The predicted molar refractivity (Wildman–Crippen MR) is 132 cm³/mol. The highest BCUT2D eigenvalue weighted by molar-refractivity contribution is 6.46. The standard InChI is InChI=1S/C26H31N3O6/c1-16(2)35-21-11-10-19(14-17(21)3)24(30)22-23(18-8-6-9-20(15-18)29(33)34)28(26(32)25(22)31)13-7-12-27(4)5/h6,8-11,14-16,23,30H,7,12-13H2,1-5H3/b24-22+/t23-/m0/s1. The van der Waals surface area contributed by atoms with Crippen molar-refractivity contribution < 1.29 is 24.4 Å². The number of aryl methyl sites for hydroxylation is 1. The summed E-state index contributed by atoms with van der Waals surface area (Å²) in [5, 5.41) is 22.6. The van der Waals surface area contributed by atoms with Crippen LogP contribution in [0.3, 0.4) is 0 Å². The monoisotopic (exact) mass is 481 g/mol. The van der Waals surface area contributed by atoms with Crippen LogP contribution in [0.15, 0.2) is 48.0 Å². The number of benzene rings is 2. The minimum absolute atomic E-state index is 0.0329. The molecule has 9 heteroatoms. The van der Waals surface area contributed by atoms with Gasteiger partial charge in [-0.05, 0) is 77.2 Å². The number of hydrogen-bond donors (Lipinski definition) is 1. The van der Waals surface area contributed by atoms with E-state index in [0.29, 0.717) is 29.8 Å². The first-order valence-electron chi connectivity index (χ1n) is 11.5.